The van der Waals surface area contributed by atoms with Gasteiger partial charge in [0.15, 0.2) is 0 Å². The highest BCUT2D eigenvalue weighted by molar-refractivity contribution is 7.80. The van der Waals surface area contributed by atoms with Crippen molar-refractivity contribution in [1.29, 1.82) is 0 Å². The summed E-state index contributed by atoms with van der Waals surface area (Å²) in [6, 6.07) is 0. The Bertz CT molecular complexity index is 136. The molecule has 1 rings (SSSR count). The Morgan fingerprint density at radius 3 is 2.91 bits per heavy atom. The second-order valence-corrected chi connectivity index (χ2v) is 3.32. The third-order valence-electron chi connectivity index (χ3n) is 1.90. The maximum absolute atomic E-state index is 10.6. The van der Waals surface area contributed by atoms with Crippen LogP contribution in [0.2, 0.25) is 0 Å². The third kappa shape index (κ3) is 3.14. The predicted octanol–water partition coefficient (Wildman–Crippen LogP) is 1.79. The normalized spacial score (nSPS) is 23.7. The predicted molar refractivity (Wildman–Crippen MR) is 46.8 cm³/mol. The molecule has 1 aliphatic heterocycles. The first-order valence-corrected chi connectivity index (χ1v) is 4.76. The SMILES string of the molecule is O=C1CCC(CCCCS)O1. The highest BCUT2D eigenvalue weighted by Gasteiger charge is 2.22. The van der Waals surface area contributed by atoms with Crippen LogP contribution in [0.1, 0.15) is 32.1 Å². The maximum atomic E-state index is 10.6. The van der Waals surface area contributed by atoms with Gasteiger partial charge in [0, 0.05) is 6.42 Å². The molecule has 0 aliphatic carbocycles. The lowest BCUT2D eigenvalue weighted by molar-refractivity contribution is -0.141. The second-order valence-electron chi connectivity index (χ2n) is 2.87. The summed E-state index contributed by atoms with van der Waals surface area (Å²) in [5.41, 5.74) is 0. The zero-order valence-corrected chi connectivity index (χ0v) is 7.48. The Kier molecular flexibility index (Phi) is 3.77. The molecule has 0 aromatic rings. The van der Waals surface area contributed by atoms with Crippen molar-refractivity contribution >= 4 is 18.6 Å². The highest BCUT2D eigenvalue weighted by atomic mass is 32.1. The molecule has 1 fully saturated rings. The van der Waals surface area contributed by atoms with E-state index in [2.05, 4.69) is 12.6 Å². The van der Waals surface area contributed by atoms with Gasteiger partial charge in [-0.25, -0.2) is 0 Å². The fraction of sp³-hybridized carbons (Fsp3) is 0.875. The number of ether oxygens (including phenoxy) is 1. The fourth-order valence-electron chi connectivity index (χ4n) is 1.27. The van der Waals surface area contributed by atoms with Crippen LogP contribution < -0.4 is 0 Å². The lowest BCUT2D eigenvalue weighted by Gasteiger charge is -2.06. The minimum atomic E-state index is -0.0270. The monoisotopic (exact) mass is 174 g/mol. The van der Waals surface area contributed by atoms with E-state index in [-0.39, 0.29) is 12.1 Å². The molecule has 0 amide bonds. The van der Waals surface area contributed by atoms with Crippen molar-refractivity contribution in [3.63, 3.8) is 0 Å². The van der Waals surface area contributed by atoms with Crippen molar-refractivity contribution in [2.75, 3.05) is 5.75 Å². The first-order chi connectivity index (χ1) is 5.33. The van der Waals surface area contributed by atoms with Gasteiger partial charge >= 0.3 is 5.97 Å². The Morgan fingerprint density at radius 1 is 1.55 bits per heavy atom. The molecular weight excluding hydrogens is 160 g/mol. The van der Waals surface area contributed by atoms with Crippen LogP contribution in [0.5, 0.6) is 0 Å². The van der Waals surface area contributed by atoms with Crippen molar-refractivity contribution < 1.29 is 9.53 Å². The van der Waals surface area contributed by atoms with Crippen LogP contribution >= 0.6 is 12.6 Å². The second kappa shape index (κ2) is 4.65. The molecule has 0 saturated carbocycles. The number of esters is 1. The Hall–Kier alpha value is -0.180. The largest absolute Gasteiger partial charge is 0.462 e. The molecule has 64 valence electrons. The van der Waals surface area contributed by atoms with E-state index in [0.717, 1.165) is 31.4 Å². The molecule has 11 heavy (non-hydrogen) atoms. The highest BCUT2D eigenvalue weighted by Crippen LogP contribution is 2.18. The summed E-state index contributed by atoms with van der Waals surface area (Å²) in [4.78, 5) is 10.6. The van der Waals surface area contributed by atoms with Crippen LogP contribution in [0.4, 0.5) is 0 Å². The number of carbonyl (C=O) groups excluding carboxylic acids is 1. The van der Waals surface area contributed by atoms with Gasteiger partial charge in [0.2, 0.25) is 0 Å². The number of hydrogen-bond donors (Lipinski definition) is 1. The molecule has 1 aliphatic rings. The van der Waals surface area contributed by atoms with E-state index in [1.54, 1.807) is 0 Å². The minimum absolute atomic E-state index is 0.0270. The molecule has 0 spiro atoms. The standard InChI is InChI=1S/C8H14O2S/c9-8-5-4-7(10-8)3-1-2-6-11/h7,11H,1-6H2. The number of thiol groups is 1. The molecule has 0 bridgehead atoms. The fourth-order valence-corrected chi connectivity index (χ4v) is 1.49. The van der Waals surface area contributed by atoms with Crippen LogP contribution in [0, 0.1) is 0 Å². The summed E-state index contributed by atoms with van der Waals surface area (Å²) in [6.45, 7) is 0. The third-order valence-corrected chi connectivity index (χ3v) is 2.22. The summed E-state index contributed by atoms with van der Waals surface area (Å²) >= 11 is 4.11. The molecule has 1 saturated heterocycles. The number of rotatable bonds is 4. The molecule has 1 atom stereocenters. The minimum Gasteiger partial charge on any atom is -0.462 e. The van der Waals surface area contributed by atoms with Crippen LogP contribution in [-0.4, -0.2) is 17.8 Å². The van der Waals surface area contributed by atoms with Gasteiger partial charge in [0.25, 0.3) is 0 Å². The summed E-state index contributed by atoms with van der Waals surface area (Å²) in [7, 11) is 0. The number of cyclic esters (lactones) is 1. The van der Waals surface area contributed by atoms with Gasteiger partial charge in [-0.15, -0.1) is 0 Å². The van der Waals surface area contributed by atoms with E-state index < -0.39 is 0 Å². The van der Waals surface area contributed by atoms with Gasteiger partial charge in [0.05, 0.1) is 0 Å². The van der Waals surface area contributed by atoms with E-state index in [1.807, 2.05) is 0 Å². The Morgan fingerprint density at radius 2 is 2.36 bits per heavy atom. The van der Waals surface area contributed by atoms with Crippen molar-refractivity contribution in [3.05, 3.63) is 0 Å². The number of carbonyl (C=O) groups is 1. The van der Waals surface area contributed by atoms with E-state index in [0.29, 0.717) is 6.42 Å². The molecular formula is C8H14O2S. The lowest BCUT2D eigenvalue weighted by atomic mass is 10.1. The van der Waals surface area contributed by atoms with E-state index >= 15 is 0 Å². The first kappa shape index (κ1) is 8.91. The quantitative estimate of drug-likeness (QED) is 0.399. The smallest absolute Gasteiger partial charge is 0.306 e. The van der Waals surface area contributed by atoms with Gasteiger partial charge < -0.3 is 4.74 Å². The zero-order chi connectivity index (χ0) is 8.10. The summed E-state index contributed by atoms with van der Waals surface area (Å²) in [6.07, 6.45) is 5.02. The molecule has 0 N–H and O–H groups in total. The van der Waals surface area contributed by atoms with Crippen LogP contribution in [0.25, 0.3) is 0 Å². The molecule has 1 heterocycles. The summed E-state index contributed by atoms with van der Waals surface area (Å²) in [5, 5.41) is 0. The van der Waals surface area contributed by atoms with Gasteiger partial charge in [0.1, 0.15) is 6.10 Å². The van der Waals surface area contributed by atoms with E-state index in [9.17, 15) is 4.79 Å². The summed E-state index contributed by atoms with van der Waals surface area (Å²) in [5.74, 6) is 0.904. The van der Waals surface area contributed by atoms with Gasteiger partial charge in [-0.3, -0.25) is 4.79 Å². The number of unbranched alkanes of at least 4 members (excludes halogenated alkanes) is 1. The van der Waals surface area contributed by atoms with Crippen LogP contribution in [0.15, 0.2) is 0 Å². The van der Waals surface area contributed by atoms with Crippen molar-refractivity contribution in [3.8, 4) is 0 Å². The maximum Gasteiger partial charge on any atom is 0.306 e. The average Bonchev–Trinajstić information content (AvgIpc) is 2.37. The zero-order valence-electron chi connectivity index (χ0n) is 6.58. The summed E-state index contributed by atoms with van der Waals surface area (Å²) < 4.78 is 5.04. The molecule has 0 aromatic heterocycles. The van der Waals surface area contributed by atoms with Crippen molar-refractivity contribution in [2.24, 2.45) is 0 Å². The van der Waals surface area contributed by atoms with Gasteiger partial charge in [-0.05, 0) is 31.4 Å². The van der Waals surface area contributed by atoms with E-state index in [1.165, 1.54) is 0 Å². The topological polar surface area (TPSA) is 26.3 Å². The van der Waals surface area contributed by atoms with Crippen molar-refractivity contribution in [1.82, 2.24) is 0 Å². The molecule has 0 radical (unpaired) electrons. The average molecular weight is 174 g/mol. The lowest BCUT2D eigenvalue weighted by Crippen LogP contribution is -2.06. The Balaban J connectivity index is 2.04. The van der Waals surface area contributed by atoms with Crippen molar-refractivity contribution in [2.45, 2.75) is 38.2 Å². The number of hydrogen-bond acceptors (Lipinski definition) is 3. The molecule has 2 nitrogen and oxygen atoms in total. The van der Waals surface area contributed by atoms with Crippen LogP contribution in [0.3, 0.4) is 0 Å². The van der Waals surface area contributed by atoms with Gasteiger partial charge in [-0.2, -0.15) is 12.6 Å². The molecule has 1 unspecified atom stereocenters. The molecule has 3 heteroatoms. The first-order valence-electron chi connectivity index (χ1n) is 4.13. The van der Waals surface area contributed by atoms with Gasteiger partial charge in [-0.1, -0.05) is 0 Å². The Labute approximate surface area is 72.7 Å². The van der Waals surface area contributed by atoms with E-state index in [4.69, 9.17) is 4.74 Å². The van der Waals surface area contributed by atoms with Crippen LogP contribution in [-0.2, 0) is 9.53 Å². The molecule has 0 aromatic carbocycles.